The fourth-order valence-electron chi connectivity index (χ4n) is 2.04. The molecule has 3 nitrogen and oxygen atoms in total. The minimum Gasteiger partial charge on any atom is -0.398 e. The normalized spacial score (nSPS) is 10.3. The lowest BCUT2D eigenvalue weighted by Gasteiger charge is -2.14. The van der Waals surface area contributed by atoms with Gasteiger partial charge in [0, 0.05) is 29.2 Å². The summed E-state index contributed by atoms with van der Waals surface area (Å²) in [4.78, 5) is 3.97. The van der Waals surface area contributed by atoms with Crippen molar-refractivity contribution >= 4 is 5.69 Å². The van der Waals surface area contributed by atoms with Gasteiger partial charge in [-0.1, -0.05) is 32.0 Å². The van der Waals surface area contributed by atoms with Crippen LogP contribution >= 0.6 is 0 Å². The Labute approximate surface area is 107 Å². The zero-order chi connectivity index (χ0) is 13.1. The zero-order valence-electron chi connectivity index (χ0n) is 10.5. The highest BCUT2D eigenvalue weighted by Gasteiger charge is 2.12. The number of nitrogen functional groups attached to an aromatic ring is 1. The molecule has 90 valence electrons. The molecule has 0 saturated heterocycles. The number of rotatable bonds is 2. The van der Waals surface area contributed by atoms with E-state index < -0.39 is 0 Å². The molecule has 0 atom stereocenters. The monoisotopic (exact) mass is 237 g/mol. The van der Waals surface area contributed by atoms with Gasteiger partial charge in [-0.15, -0.1) is 0 Å². The number of nitriles is 1. The van der Waals surface area contributed by atoms with E-state index in [-0.39, 0.29) is 0 Å². The summed E-state index contributed by atoms with van der Waals surface area (Å²) in [6.45, 7) is 4.21. The second-order valence-corrected chi connectivity index (χ2v) is 4.50. The highest BCUT2D eigenvalue weighted by molar-refractivity contribution is 5.81. The van der Waals surface area contributed by atoms with E-state index in [0.717, 1.165) is 22.4 Å². The van der Waals surface area contributed by atoms with Crippen molar-refractivity contribution in [3.8, 4) is 17.2 Å². The van der Waals surface area contributed by atoms with Crippen LogP contribution in [0.3, 0.4) is 0 Å². The van der Waals surface area contributed by atoms with Crippen molar-refractivity contribution in [2.75, 3.05) is 5.73 Å². The van der Waals surface area contributed by atoms with Crippen molar-refractivity contribution in [3.05, 3.63) is 47.8 Å². The predicted molar refractivity (Wildman–Crippen MR) is 72.9 cm³/mol. The summed E-state index contributed by atoms with van der Waals surface area (Å²) in [6, 6.07) is 9.92. The maximum Gasteiger partial charge on any atom is 0.101 e. The van der Waals surface area contributed by atoms with Gasteiger partial charge in [0.1, 0.15) is 6.07 Å². The summed E-state index contributed by atoms with van der Waals surface area (Å²) in [5.74, 6) is 0.359. The second-order valence-electron chi connectivity index (χ2n) is 4.50. The minimum atomic E-state index is 0.359. The average Bonchev–Trinajstić information content (AvgIpc) is 2.38. The topological polar surface area (TPSA) is 62.7 Å². The molecular weight excluding hydrogens is 222 g/mol. The number of hydrogen-bond donors (Lipinski definition) is 1. The molecule has 2 N–H and O–H groups in total. The maximum atomic E-state index is 9.12. The minimum absolute atomic E-state index is 0.359. The Balaban J connectivity index is 2.66. The molecule has 0 spiro atoms. The van der Waals surface area contributed by atoms with Gasteiger partial charge >= 0.3 is 0 Å². The molecule has 0 unspecified atom stereocenters. The van der Waals surface area contributed by atoms with Crippen LogP contribution in [0.5, 0.6) is 0 Å². The molecule has 0 amide bonds. The molecule has 1 aromatic heterocycles. The quantitative estimate of drug-likeness (QED) is 0.815. The first-order valence-corrected chi connectivity index (χ1v) is 5.88. The third kappa shape index (κ3) is 2.05. The number of para-hydroxylation sites is 1. The number of benzene rings is 1. The SMILES string of the molecule is CC(C)c1cccc(-c2ccncc2C#N)c1N. The zero-order valence-corrected chi connectivity index (χ0v) is 10.5. The van der Waals surface area contributed by atoms with Gasteiger partial charge in [0.05, 0.1) is 5.56 Å². The van der Waals surface area contributed by atoms with Crippen molar-refractivity contribution < 1.29 is 0 Å². The first-order valence-electron chi connectivity index (χ1n) is 5.88. The van der Waals surface area contributed by atoms with E-state index in [2.05, 4.69) is 24.9 Å². The van der Waals surface area contributed by atoms with Crippen molar-refractivity contribution in [1.82, 2.24) is 4.98 Å². The van der Waals surface area contributed by atoms with Crippen LogP contribution in [0.2, 0.25) is 0 Å². The van der Waals surface area contributed by atoms with E-state index in [0.29, 0.717) is 11.5 Å². The van der Waals surface area contributed by atoms with Crippen LogP contribution in [0.25, 0.3) is 11.1 Å². The molecule has 1 aromatic carbocycles. The molecule has 0 fully saturated rings. The first kappa shape index (κ1) is 12.1. The molecule has 2 rings (SSSR count). The molecule has 1 heterocycles. The number of pyridine rings is 1. The molecule has 0 aliphatic heterocycles. The number of hydrogen-bond acceptors (Lipinski definition) is 3. The van der Waals surface area contributed by atoms with Crippen LogP contribution in [0, 0.1) is 11.3 Å². The summed E-state index contributed by atoms with van der Waals surface area (Å²) in [5.41, 5.74) is 10.4. The fraction of sp³-hybridized carbons (Fsp3) is 0.200. The summed E-state index contributed by atoms with van der Waals surface area (Å²) in [7, 11) is 0. The van der Waals surface area contributed by atoms with Gasteiger partial charge in [-0.3, -0.25) is 4.98 Å². The summed E-state index contributed by atoms with van der Waals surface area (Å²) in [5, 5.41) is 9.12. The van der Waals surface area contributed by atoms with E-state index in [1.807, 2.05) is 24.3 Å². The van der Waals surface area contributed by atoms with Crippen LogP contribution in [0.1, 0.15) is 30.9 Å². The Hall–Kier alpha value is -2.34. The molecule has 18 heavy (non-hydrogen) atoms. The Kier molecular flexibility index (Phi) is 3.29. The van der Waals surface area contributed by atoms with Gasteiger partial charge in [-0.25, -0.2) is 0 Å². The lowest BCUT2D eigenvalue weighted by Crippen LogP contribution is -1.99. The highest BCUT2D eigenvalue weighted by Crippen LogP contribution is 2.33. The first-order chi connectivity index (χ1) is 8.65. The fourth-order valence-corrected chi connectivity index (χ4v) is 2.04. The standard InChI is InChI=1S/C15H15N3/c1-10(2)12-4-3-5-14(15(12)17)13-6-7-18-9-11(13)8-16/h3-7,9-10H,17H2,1-2H3. The third-order valence-electron chi connectivity index (χ3n) is 2.99. The summed E-state index contributed by atoms with van der Waals surface area (Å²) < 4.78 is 0. The lowest BCUT2D eigenvalue weighted by atomic mass is 9.93. The van der Waals surface area contributed by atoms with Crippen LogP contribution < -0.4 is 5.73 Å². The highest BCUT2D eigenvalue weighted by atomic mass is 14.6. The third-order valence-corrected chi connectivity index (χ3v) is 2.99. The van der Waals surface area contributed by atoms with Gasteiger partial charge in [0.25, 0.3) is 0 Å². The van der Waals surface area contributed by atoms with Crippen molar-refractivity contribution in [2.24, 2.45) is 0 Å². The Morgan fingerprint density at radius 1 is 1.22 bits per heavy atom. The van der Waals surface area contributed by atoms with Crippen molar-refractivity contribution in [1.29, 1.82) is 5.26 Å². The Bertz CT molecular complexity index is 609. The molecule has 0 saturated carbocycles. The van der Waals surface area contributed by atoms with E-state index in [1.165, 1.54) is 0 Å². The summed E-state index contributed by atoms with van der Waals surface area (Å²) in [6.07, 6.45) is 3.24. The van der Waals surface area contributed by atoms with Gasteiger partial charge in [-0.2, -0.15) is 5.26 Å². The smallest absolute Gasteiger partial charge is 0.101 e. The molecular formula is C15H15N3. The van der Waals surface area contributed by atoms with Crippen LogP contribution in [-0.2, 0) is 0 Å². The van der Waals surface area contributed by atoms with Crippen LogP contribution in [0.4, 0.5) is 5.69 Å². The number of nitrogens with two attached hydrogens (primary N) is 1. The van der Waals surface area contributed by atoms with E-state index in [9.17, 15) is 0 Å². The summed E-state index contributed by atoms with van der Waals surface area (Å²) >= 11 is 0. The largest absolute Gasteiger partial charge is 0.398 e. The van der Waals surface area contributed by atoms with Crippen LogP contribution in [0.15, 0.2) is 36.7 Å². The molecule has 0 bridgehead atoms. The maximum absolute atomic E-state index is 9.12. The second kappa shape index (κ2) is 4.89. The van der Waals surface area contributed by atoms with Crippen molar-refractivity contribution in [3.63, 3.8) is 0 Å². The Morgan fingerprint density at radius 2 is 2.00 bits per heavy atom. The number of nitrogens with zero attached hydrogens (tertiary/aromatic N) is 2. The van der Waals surface area contributed by atoms with E-state index >= 15 is 0 Å². The molecule has 2 aromatic rings. The molecule has 0 aliphatic rings. The lowest BCUT2D eigenvalue weighted by molar-refractivity contribution is 0.870. The molecule has 0 radical (unpaired) electrons. The van der Waals surface area contributed by atoms with Crippen molar-refractivity contribution in [2.45, 2.75) is 19.8 Å². The Morgan fingerprint density at radius 3 is 2.67 bits per heavy atom. The number of aromatic nitrogens is 1. The number of anilines is 1. The van der Waals surface area contributed by atoms with Gasteiger partial charge in [0.2, 0.25) is 0 Å². The molecule has 0 aliphatic carbocycles. The average molecular weight is 237 g/mol. The predicted octanol–water partition coefficient (Wildman–Crippen LogP) is 3.33. The van der Waals surface area contributed by atoms with Gasteiger partial charge < -0.3 is 5.73 Å². The van der Waals surface area contributed by atoms with Gasteiger partial charge in [-0.05, 0) is 17.5 Å². The van der Waals surface area contributed by atoms with Crippen LogP contribution in [-0.4, -0.2) is 4.98 Å². The van der Waals surface area contributed by atoms with E-state index in [1.54, 1.807) is 12.4 Å². The molecule has 3 heteroatoms. The van der Waals surface area contributed by atoms with E-state index in [4.69, 9.17) is 11.0 Å². The van der Waals surface area contributed by atoms with Gasteiger partial charge in [0.15, 0.2) is 0 Å².